The van der Waals surface area contributed by atoms with Crippen LogP contribution in [0.4, 0.5) is 0 Å². The number of carboxylic acid groups (broad SMARTS) is 1. The number of carbonyl (C=O) groups is 2. The van der Waals surface area contributed by atoms with Crippen molar-refractivity contribution in [2.24, 2.45) is 5.92 Å². The summed E-state index contributed by atoms with van der Waals surface area (Å²) in [5.41, 5.74) is 0.584. The van der Waals surface area contributed by atoms with Crippen LogP contribution in [0.3, 0.4) is 0 Å². The monoisotopic (exact) mass is 295 g/mol. The highest BCUT2D eigenvalue weighted by Crippen LogP contribution is 2.14. The smallest absolute Gasteiger partial charge is 0.330 e. The van der Waals surface area contributed by atoms with E-state index in [-0.39, 0.29) is 5.91 Å². The molecule has 0 heterocycles. The first kappa shape index (κ1) is 16.6. The van der Waals surface area contributed by atoms with E-state index in [2.05, 4.69) is 19.2 Å². The molecule has 0 aromatic heterocycles. The average Bonchev–Trinajstić information content (AvgIpc) is 2.41. The summed E-state index contributed by atoms with van der Waals surface area (Å²) >= 11 is 1.53. The number of carboxylic acids is 1. The molecule has 110 valence electrons. The molecule has 0 bridgehead atoms. The summed E-state index contributed by atoms with van der Waals surface area (Å²) in [6, 6.07) is 7.75. The lowest BCUT2D eigenvalue weighted by molar-refractivity contribution is -0.141. The van der Waals surface area contributed by atoms with Crippen LogP contribution in [-0.4, -0.2) is 28.5 Å². The van der Waals surface area contributed by atoms with Gasteiger partial charge in [-0.3, -0.25) is 4.79 Å². The van der Waals surface area contributed by atoms with Crippen LogP contribution in [0.25, 0.3) is 0 Å². The highest BCUT2D eigenvalue weighted by Gasteiger charge is 2.21. The Morgan fingerprint density at radius 1 is 1.25 bits per heavy atom. The van der Waals surface area contributed by atoms with Crippen molar-refractivity contribution in [1.29, 1.82) is 0 Å². The standard InChI is InChI=1S/C15H21NO3S/c1-11(2)8-9-20-10-13(17)16-14(15(18)19)12-6-4-3-5-7-12/h3-7,11,14H,8-10H2,1-2H3,(H,16,17)(H,18,19)/t14-/m1/s1. The number of nitrogens with one attached hydrogen (secondary N) is 1. The number of thioether (sulfide) groups is 1. The van der Waals surface area contributed by atoms with Crippen molar-refractivity contribution in [3.05, 3.63) is 35.9 Å². The van der Waals surface area contributed by atoms with E-state index in [0.717, 1.165) is 12.2 Å². The van der Waals surface area contributed by atoms with E-state index in [1.807, 2.05) is 6.07 Å². The largest absolute Gasteiger partial charge is 0.479 e. The molecule has 0 radical (unpaired) electrons. The molecule has 1 atom stereocenters. The number of benzene rings is 1. The van der Waals surface area contributed by atoms with Crippen molar-refractivity contribution in [1.82, 2.24) is 5.32 Å². The summed E-state index contributed by atoms with van der Waals surface area (Å²) in [5.74, 6) is 0.533. The molecule has 1 amide bonds. The van der Waals surface area contributed by atoms with Crippen LogP contribution in [0.5, 0.6) is 0 Å². The van der Waals surface area contributed by atoms with Crippen molar-refractivity contribution >= 4 is 23.6 Å². The minimum Gasteiger partial charge on any atom is -0.479 e. The minimum absolute atomic E-state index is 0.241. The Morgan fingerprint density at radius 3 is 2.45 bits per heavy atom. The normalized spacial score (nSPS) is 12.2. The van der Waals surface area contributed by atoms with Crippen molar-refractivity contribution < 1.29 is 14.7 Å². The van der Waals surface area contributed by atoms with Gasteiger partial charge in [0.15, 0.2) is 6.04 Å². The van der Waals surface area contributed by atoms with E-state index in [1.54, 1.807) is 24.3 Å². The van der Waals surface area contributed by atoms with E-state index in [9.17, 15) is 14.7 Å². The van der Waals surface area contributed by atoms with Crippen molar-refractivity contribution in [2.75, 3.05) is 11.5 Å². The summed E-state index contributed by atoms with van der Waals surface area (Å²) in [5, 5.41) is 11.8. The van der Waals surface area contributed by atoms with E-state index in [4.69, 9.17) is 0 Å². The van der Waals surface area contributed by atoms with Crippen LogP contribution < -0.4 is 5.32 Å². The maximum absolute atomic E-state index is 11.8. The van der Waals surface area contributed by atoms with Crippen LogP contribution >= 0.6 is 11.8 Å². The molecule has 0 aliphatic heterocycles. The summed E-state index contributed by atoms with van der Waals surface area (Å²) in [7, 11) is 0. The van der Waals surface area contributed by atoms with Gasteiger partial charge >= 0.3 is 5.97 Å². The third-order valence-corrected chi connectivity index (χ3v) is 3.75. The highest BCUT2D eigenvalue weighted by molar-refractivity contribution is 7.99. The summed E-state index contributed by atoms with van der Waals surface area (Å²) in [6.45, 7) is 4.27. The molecule has 0 spiro atoms. The molecule has 0 aliphatic carbocycles. The maximum Gasteiger partial charge on any atom is 0.330 e. The van der Waals surface area contributed by atoms with Gasteiger partial charge in [-0.05, 0) is 23.7 Å². The van der Waals surface area contributed by atoms with E-state index < -0.39 is 12.0 Å². The molecule has 0 fully saturated rings. The molecule has 20 heavy (non-hydrogen) atoms. The van der Waals surface area contributed by atoms with Crippen LogP contribution in [0, 0.1) is 5.92 Å². The third-order valence-electron chi connectivity index (χ3n) is 2.76. The fraction of sp³-hybridized carbons (Fsp3) is 0.467. The lowest BCUT2D eigenvalue weighted by Gasteiger charge is -2.14. The lowest BCUT2D eigenvalue weighted by atomic mass is 10.1. The zero-order valence-electron chi connectivity index (χ0n) is 11.8. The fourth-order valence-corrected chi connectivity index (χ4v) is 2.67. The van der Waals surface area contributed by atoms with E-state index in [0.29, 0.717) is 17.2 Å². The summed E-state index contributed by atoms with van der Waals surface area (Å²) < 4.78 is 0. The van der Waals surface area contributed by atoms with Gasteiger partial charge in [-0.1, -0.05) is 44.2 Å². The van der Waals surface area contributed by atoms with Gasteiger partial charge in [0.2, 0.25) is 5.91 Å². The lowest BCUT2D eigenvalue weighted by Crippen LogP contribution is -2.34. The highest BCUT2D eigenvalue weighted by atomic mass is 32.2. The number of carbonyl (C=O) groups excluding carboxylic acids is 1. The van der Waals surface area contributed by atoms with Crippen LogP contribution in [0.1, 0.15) is 31.9 Å². The first-order valence-electron chi connectivity index (χ1n) is 6.65. The molecule has 1 aromatic rings. The molecule has 4 nitrogen and oxygen atoms in total. The third kappa shape index (κ3) is 6.10. The molecule has 2 N–H and O–H groups in total. The predicted octanol–water partition coefficient (Wildman–Crippen LogP) is 2.71. The molecule has 5 heteroatoms. The second-order valence-corrected chi connectivity index (χ2v) is 6.09. The molecular weight excluding hydrogens is 274 g/mol. The van der Waals surface area contributed by atoms with Gasteiger partial charge in [0.25, 0.3) is 0 Å². The molecular formula is C15H21NO3S. The van der Waals surface area contributed by atoms with E-state index >= 15 is 0 Å². The second-order valence-electron chi connectivity index (χ2n) is 4.98. The maximum atomic E-state index is 11.8. The average molecular weight is 295 g/mol. The number of aliphatic carboxylic acids is 1. The Balaban J connectivity index is 2.46. The van der Waals surface area contributed by atoms with Gasteiger partial charge in [0.05, 0.1) is 5.75 Å². The topological polar surface area (TPSA) is 66.4 Å². The Labute approximate surface area is 124 Å². The van der Waals surface area contributed by atoms with Gasteiger partial charge in [-0.15, -0.1) is 0 Å². The van der Waals surface area contributed by atoms with Crippen LogP contribution in [0.2, 0.25) is 0 Å². The summed E-state index contributed by atoms with van der Waals surface area (Å²) in [6.07, 6.45) is 1.05. The van der Waals surface area contributed by atoms with Gasteiger partial charge in [-0.2, -0.15) is 11.8 Å². The number of amides is 1. The quantitative estimate of drug-likeness (QED) is 0.724. The molecule has 1 rings (SSSR count). The minimum atomic E-state index is -1.04. The van der Waals surface area contributed by atoms with Gasteiger partial charge in [0, 0.05) is 0 Å². The first-order chi connectivity index (χ1) is 9.50. The van der Waals surface area contributed by atoms with Gasteiger partial charge < -0.3 is 10.4 Å². The first-order valence-corrected chi connectivity index (χ1v) is 7.81. The number of hydrogen-bond donors (Lipinski definition) is 2. The molecule has 1 aromatic carbocycles. The number of rotatable bonds is 8. The summed E-state index contributed by atoms with van der Waals surface area (Å²) in [4.78, 5) is 23.0. The predicted molar refractivity (Wildman–Crippen MR) is 81.7 cm³/mol. The van der Waals surface area contributed by atoms with Gasteiger partial charge in [0.1, 0.15) is 0 Å². The zero-order chi connectivity index (χ0) is 15.0. The van der Waals surface area contributed by atoms with Crippen molar-refractivity contribution in [2.45, 2.75) is 26.3 Å². The zero-order valence-corrected chi connectivity index (χ0v) is 12.7. The number of hydrogen-bond acceptors (Lipinski definition) is 3. The second kappa shape index (κ2) is 8.64. The van der Waals surface area contributed by atoms with Crippen LogP contribution in [0.15, 0.2) is 30.3 Å². The molecule has 0 unspecified atom stereocenters. The molecule has 0 saturated heterocycles. The Bertz CT molecular complexity index is 434. The van der Waals surface area contributed by atoms with Crippen LogP contribution in [-0.2, 0) is 9.59 Å². The van der Waals surface area contributed by atoms with Gasteiger partial charge in [-0.25, -0.2) is 4.79 Å². The van der Waals surface area contributed by atoms with E-state index in [1.165, 1.54) is 11.8 Å². The Hall–Kier alpha value is -1.49. The van der Waals surface area contributed by atoms with Crippen molar-refractivity contribution in [3.8, 4) is 0 Å². The SMILES string of the molecule is CC(C)CCSCC(=O)N[C@@H](C(=O)O)c1ccccc1. The Morgan fingerprint density at radius 2 is 1.90 bits per heavy atom. The molecule has 0 saturated carbocycles. The molecule has 0 aliphatic rings. The van der Waals surface area contributed by atoms with Crippen molar-refractivity contribution in [3.63, 3.8) is 0 Å². The Kier molecular flexibility index (Phi) is 7.15. The fourth-order valence-electron chi connectivity index (χ4n) is 1.62.